The molecule has 2 N–H and O–H groups in total. The van der Waals surface area contributed by atoms with Gasteiger partial charge in [0.2, 0.25) is 5.91 Å². The van der Waals surface area contributed by atoms with Crippen LogP contribution in [0.4, 0.5) is 10.1 Å². The molecule has 3 aliphatic carbocycles. The fourth-order valence-electron chi connectivity index (χ4n) is 10.5. The van der Waals surface area contributed by atoms with Crippen LogP contribution < -0.4 is 4.90 Å². The predicted molar refractivity (Wildman–Crippen MR) is 201 cm³/mol. The Morgan fingerprint density at radius 1 is 0.900 bits per heavy atom. The summed E-state index contributed by atoms with van der Waals surface area (Å²) < 4.78 is 16.2. The lowest BCUT2D eigenvalue weighted by molar-refractivity contribution is -0.116. The third-order valence-electron chi connectivity index (χ3n) is 12.9. The Morgan fingerprint density at radius 2 is 1.68 bits per heavy atom. The normalized spacial score (nSPS) is 27.0. The van der Waals surface area contributed by atoms with Gasteiger partial charge in [0.1, 0.15) is 11.9 Å². The van der Waals surface area contributed by atoms with E-state index >= 15 is 4.39 Å². The van der Waals surface area contributed by atoms with Gasteiger partial charge in [0.15, 0.2) is 0 Å². The molecule has 3 unspecified atom stereocenters. The number of aryl methyl sites for hydroxylation is 2. The van der Waals surface area contributed by atoms with Crippen molar-refractivity contribution in [1.29, 1.82) is 0 Å². The number of benzene rings is 4. The van der Waals surface area contributed by atoms with Crippen molar-refractivity contribution in [2.45, 2.75) is 109 Å². The van der Waals surface area contributed by atoms with E-state index in [0.717, 1.165) is 87.4 Å². The number of aliphatic hydroxyl groups excluding tert-OH is 1. The summed E-state index contributed by atoms with van der Waals surface area (Å²) in [5, 5.41) is 23.8. The summed E-state index contributed by atoms with van der Waals surface area (Å²) in [5.74, 6) is 1.13. The highest BCUT2D eigenvalue weighted by Gasteiger charge is 2.59. The number of hydrogen-bond acceptors (Lipinski definition) is 3. The maximum atomic E-state index is 16.2. The second kappa shape index (κ2) is 14.9. The topological polar surface area (TPSA) is 60.8 Å². The number of aliphatic hydroxyl groups is 1. The van der Waals surface area contributed by atoms with Crippen LogP contribution in [0, 0.1) is 23.2 Å². The molecular formula is C45H54FNO3. The highest BCUT2D eigenvalue weighted by Crippen LogP contribution is 2.63. The molecule has 0 radical (unpaired) electrons. The summed E-state index contributed by atoms with van der Waals surface area (Å²) in [7, 11) is 0. The van der Waals surface area contributed by atoms with Crippen LogP contribution in [-0.2, 0) is 24.1 Å². The molecule has 50 heavy (non-hydrogen) atoms. The van der Waals surface area contributed by atoms with Gasteiger partial charge in [-0.2, -0.15) is 0 Å². The molecule has 7 rings (SSSR count). The van der Waals surface area contributed by atoms with Crippen molar-refractivity contribution in [2.24, 2.45) is 23.2 Å². The number of fused-ring (bicyclic) bond motifs is 6. The summed E-state index contributed by atoms with van der Waals surface area (Å²) in [6.45, 7) is 4.51. The number of carbonyl (C=O) groups is 1. The van der Waals surface area contributed by atoms with Gasteiger partial charge >= 0.3 is 0 Å². The number of carbonyl (C=O) groups excluding carboxylic acids is 1. The van der Waals surface area contributed by atoms with Gasteiger partial charge in [-0.25, -0.2) is 4.39 Å². The highest BCUT2D eigenvalue weighted by molar-refractivity contribution is 5.98. The van der Waals surface area contributed by atoms with Crippen LogP contribution in [0.3, 0.4) is 0 Å². The molecule has 0 spiro atoms. The van der Waals surface area contributed by atoms with E-state index < -0.39 is 12.3 Å². The predicted octanol–water partition coefficient (Wildman–Crippen LogP) is 10.1. The summed E-state index contributed by atoms with van der Waals surface area (Å²) >= 11 is 0. The molecule has 4 aromatic carbocycles. The Hall–Kier alpha value is -3.70. The van der Waals surface area contributed by atoms with Crippen molar-refractivity contribution in [2.75, 3.05) is 11.4 Å². The van der Waals surface area contributed by atoms with Crippen LogP contribution >= 0.6 is 0 Å². The Kier molecular flexibility index (Phi) is 10.3. The molecule has 264 valence electrons. The second-order valence-corrected chi connectivity index (χ2v) is 15.9. The Morgan fingerprint density at radius 3 is 2.50 bits per heavy atom. The average Bonchev–Trinajstić information content (AvgIpc) is 3.41. The first-order valence-electron chi connectivity index (χ1n) is 19.2. The molecule has 3 aliphatic rings. The van der Waals surface area contributed by atoms with Crippen LogP contribution in [-0.4, -0.2) is 34.9 Å². The zero-order chi connectivity index (χ0) is 34.8. The standard InChI is InChI=1S/C45H54FNO3/c1-30(48)47(26-12-15-31-13-6-5-7-14-31)41-24-20-32-16-10-11-18-36(32)38(41)19-9-4-3-8-17-33-27-34-28-35(49)21-22-37(34)44-40(46)29-45(2)39(43(33)44)23-25-42(45)50/h5-7,10-11,13-14,16,18,20-22,24,28,33,39-40,42-44,49-50H,3-4,8-9,12,15,17,19,23,25-27,29H2,1-2H3/t33-,39?,40+,42+,43?,44?,45+/m1/s1. The minimum Gasteiger partial charge on any atom is -0.508 e. The third kappa shape index (κ3) is 6.83. The van der Waals surface area contributed by atoms with Crippen molar-refractivity contribution in [1.82, 2.24) is 0 Å². The maximum absolute atomic E-state index is 16.2. The molecule has 0 saturated heterocycles. The molecule has 0 aromatic heterocycles. The van der Waals surface area contributed by atoms with E-state index in [0.29, 0.717) is 24.8 Å². The van der Waals surface area contributed by atoms with Gasteiger partial charge in [-0.3, -0.25) is 4.79 Å². The minimum absolute atomic E-state index is 0.0828. The van der Waals surface area contributed by atoms with Crippen molar-refractivity contribution < 1.29 is 19.4 Å². The van der Waals surface area contributed by atoms with E-state index in [1.165, 1.54) is 21.9 Å². The minimum atomic E-state index is -0.970. The molecule has 0 aliphatic heterocycles. The van der Waals surface area contributed by atoms with E-state index in [4.69, 9.17) is 0 Å². The fraction of sp³-hybridized carbons (Fsp3) is 0.489. The monoisotopic (exact) mass is 675 g/mol. The average molecular weight is 676 g/mol. The molecular weight excluding hydrogens is 621 g/mol. The number of halogens is 1. The van der Waals surface area contributed by atoms with E-state index in [1.807, 2.05) is 23.1 Å². The van der Waals surface area contributed by atoms with Gasteiger partial charge in [-0.05, 0) is 132 Å². The number of aromatic hydroxyl groups is 1. The highest BCUT2D eigenvalue weighted by atomic mass is 19.1. The van der Waals surface area contributed by atoms with Gasteiger partial charge in [-0.1, -0.05) is 92.9 Å². The van der Waals surface area contributed by atoms with Gasteiger partial charge in [0.25, 0.3) is 0 Å². The van der Waals surface area contributed by atoms with Crippen LogP contribution in [0.2, 0.25) is 0 Å². The summed E-state index contributed by atoms with van der Waals surface area (Å²) in [4.78, 5) is 15.0. The van der Waals surface area contributed by atoms with Crippen molar-refractivity contribution in [3.63, 3.8) is 0 Å². The number of hydrogen-bond donors (Lipinski definition) is 2. The Balaban J connectivity index is 1.02. The van der Waals surface area contributed by atoms with Gasteiger partial charge in [0.05, 0.1) is 6.10 Å². The number of nitrogens with zero attached hydrogens (tertiary/aromatic N) is 1. The van der Waals surface area contributed by atoms with Gasteiger partial charge in [0, 0.05) is 25.1 Å². The van der Waals surface area contributed by atoms with Crippen molar-refractivity contribution >= 4 is 22.4 Å². The van der Waals surface area contributed by atoms with Crippen LogP contribution in [0.1, 0.15) is 99.8 Å². The van der Waals surface area contributed by atoms with Crippen molar-refractivity contribution in [3.8, 4) is 5.75 Å². The molecule has 7 atom stereocenters. The molecule has 2 fully saturated rings. The molecule has 2 saturated carbocycles. The first-order valence-corrected chi connectivity index (χ1v) is 19.2. The molecule has 5 heteroatoms. The quantitative estimate of drug-likeness (QED) is 0.147. The number of phenolic OH excluding ortho intramolecular Hbond substituents is 1. The van der Waals surface area contributed by atoms with Crippen LogP contribution in [0.15, 0.2) is 84.9 Å². The first kappa shape index (κ1) is 34.7. The largest absolute Gasteiger partial charge is 0.508 e. The summed E-state index contributed by atoms with van der Waals surface area (Å²) in [6, 6.07) is 28.9. The molecule has 0 heterocycles. The van der Waals surface area contributed by atoms with Gasteiger partial charge < -0.3 is 15.1 Å². The number of amides is 1. The number of anilines is 1. The smallest absolute Gasteiger partial charge is 0.223 e. The zero-order valence-corrected chi connectivity index (χ0v) is 29.9. The summed E-state index contributed by atoms with van der Waals surface area (Å²) in [5.41, 5.74) is 5.45. The SMILES string of the molecule is CC(=O)N(CCCc1ccccc1)c1ccc2ccccc2c1CCCCCC[C@@H]1Cc2cc(O)ccc2C2C1C1CC[C@H](O)[C@@]1(C)C[C@@H]2F. The second-order valence-electron chi connectivity index (χ2n) is 15.9. The lowest BCUT2D eigenvalue weighted by atomic mass is 9.51. The van der Waals surface area contributed by atoms with Crippen LogP contribution in [0.5, 0.6) is 5.75 Å². The van der Waals surface area contributed by atoms with Crippen molar-refractivity contribution in [3.05, 3.63) is 107 Å². The number of alkyl halides is 1. The number of unbranched alkanes of at least 4 members (excludes halogenated alkanes) is 3. The number of phenols is 1. The van der Waals surface area contributed by atoms with E-state index in [2.05, 4.69) is 67.6 Å². The van der Waals surface area contributed by atoms with E-state index in [9.17, 15) is 15.0 Å². The Bertz CT molecular complexity index is 1790. The summed E-state index contributed by atoms with van der Waals surface area (Å²) in [6.07, 6.45) is 9.82. The Labute approximate surface area is 297 Å². The third-order valence-corrected chi connectivity index (χ3v) is 12.9. The zero-order valence-electron chi connectivity index (χ0n) is 29.9. The molecule has 4 nitrogen and oxygen atoms in total. The molecule has 1 amide bonds. The van der Waals surface area contributed by atoms with E-state index in [-0.39, 0.29) is 28.9 Å². The first-order chi connectivity index (χ1) is 24.2. The van der Waals surface area contributed by atoms with Crippen LogP contribution in [0.25, 0.3) is 10.8 Å². The fourth-order valence-corrected chi connectivity index (χ4v) is 10.5. The lowest BCUT2D eigenvalue weighted by Crippen LogP contribution is -2.51. The van der Waals surface area contributed by atoms with Gasteiger partial charge in [-0.15, -0.1) is 0 Å². The molecule has 4 aromatic rings. The lowest BCUT2D eigenvalue weighted by Gasteiger charge is -2.54. The maximum Gasteiger partial charge on any atom is 0.223 e. The molecule has 0 bridgehead atoms. The number of rotatable bonds is 12. The van der Waals surface area contributed by atoms with E-state index in [1.54, 1.807) is 13.0 Å².